The van der Waals surface area contributed by atoms with Crippen LogP contribution in [0.25, 0.3) is 11.1 Å². The van der Waals surface area contributed by atoms with Gasteiger partial charge in [-0.05, 0) is 35.7 Å². The molecule has 0 aliphatic rings. The molecule has 0 aliphatic carbocycles. The summed E-state index contributed by atoms with van der Waals surface area (Å²) >= 11 is 12.0. The van der Waals surface area contributed by atoms with Gasteiger partial charge in [-0.2, -0.15) is 5.10 Å². The molecule has 0 fully saturated rings. The van der Waals surface area contributed by atoms with Crippen LogP contribution in [0.15, 0.2) is 53.8 Å². The highest BCUT2D eigenvalue weighted by atomic mass is 35.5. The van der Waals surface area contributed by atoms with Crippen LogP contribution in [-0.4, -0.2) is 15.9 Å². The summed E-state index contributed by atoms with van der Waals surface area (Å²) in [4.78, 5) is 4.10. The first-order chi connectivity index (χ1) is 11.0. The highest BCUT2D eigenvalue weighted by Crippen LogP contribution is 2.28. The molecule has 3 aromatic rings. The van der Waals surface area contributed by atoms with Gasteiger partial charge in [-0.15, -0.1) is 0 Å². The molecule has 0 radical (unpaired) electrons. The first-order valence-electron chi connectivity index (χ1n) is 6.94. The molecule has 2 N–H and O–H groups in total. The molecule has 1 heterocycles. The summed E-state index contributed by atoms with van der Waals surface area (Å²) in [5.74, 6) is 0.367. The first kappa shape index (κ1) is 15.6. The Labute approximate surface area is 144 Å². The van der Waals surface area contributed by atoms with Gasteiger partial charge in [0.15, 0.2) is 0 Å². The smallest absolute Gasteiger partial charge is 0.221 e. The van der Waals surface area contributed by atoms with Crippen molar-refractivity contribution in [2.24, 2.45) is 5.10 Å². The number of benzene rings is 2. The molecule has 3 rings (SSSR count). The number of rotatable bonds is 3. The SMILES string of the molecule is Cc1cn(N=Cc2ccc(-c3ccc(Cl)c(Cl)c3)cc2)c(N)n1. The van der Waals surface area contributed by atoms with Gasteiger partial charge in [-0.3, -0.25) is 0 Å². The van der Waals surface area contributed by atoms with E-state index in [1.807, 2.05) is 43.3 Å². The lowest BCUT2D eigenvalue weighted by Crippen LogP contribution is -1.96. The quantitative estimate of drug-likeness (QED) is 0.704. The molecule has 116 valence electrons. The van der Waals surface area contributed by atoms with Gasteiger partial charge in [0, 0.05) is 0 Å². The number of nitrogen functional groups attached to an aromatic ring is 1. The first-order valence-corrected chi connectivity index (χ1v) is 7.70. The molecule has 1 aromatic heterocycles. The minimum absolute atomic E-state index is 0.367. The van der Waals surface area contributed by atoms with Crippen LogP contribution in [0.3, 0.4) is 0 Å². The molecular formula is C17H14Cl2N4. The normalized spacial score (nSPS) is 11.3. The molecule has 0 saturated carbocycles. The molecule has 0 saturated heterocycles. The fourth-order valence-corrected chi connectivity index (χ4v) is 2.46. The van der Waals surface area contributed by atoms with Crippen molar-refractivity contribution >= 4 is 35.4 Å². The summed E-state index contributed by atoms with van der Waals surface area (Å²) in [7, 11) is 0. The van der Waals surface area contributed by atoms with Gasteiger partial charge in [0.25, 0.3) is 0 Å². The minimum Gasteiger partial charge on any atom is -0.368 e. The summed E-state index contributed by atoms with van der Waals surface area (Å²) in [5.41, 5.74) is 9.60. The zero-order chi connectivity index (χ0) is 16.4. The Morgan fingerprint density at radius 1 is 1.04 bits per heavy atom. The van der Waals surface area contributed by atoms with E-state index in [4.69, 9.17) is 28.9 Å². The van der Waals surface area contributed by atoms with Gasteiger partial charge in [0.05, 0.1) is 28.2 Å². The predicted molar refractivity (Wildman–Crippen MR) is 96.3 cm³/mol. The number of nitrogens with two attached hydrogens (primary N) is 1. The predicted octanol–water partition coefficient (Wildman–Crippen LogP) is 4.63. The van der Waals surface area contributed by atoms with Gasteiger partial charge >= 0.3 is 0 Å². The van der Waals surface area contributed by atoms with E-state index in [2.05, 4.69) is 10.1 Å². The number of aromatic nitrogens is 2. The van der Waals surface area contributed by atoms with Crippen LogP contribution in [0.2, 0.25) is 10.0 Å². The third kappa shape index (κ3) is 3.55. The van der Waals surface area contributed by atoms with Crippen molar-refractivity contribution in [3.63, 3.8) is 0 Å². The summed E-state index contributed by atoms with van der Waals surface area (Å²) in [6, 6.07) is 13.5. The van der Waals surface area contributed by atoms with Gasteiger partial charge in [0.1, 0.15) is 0 Å². The molecule has 0 spiro atoms. The van der Waals surface area contributed by atoms with Gasteiger partial charge in [-0.25, -0.2) is 9.66 Å². The van der Waals surface area contributed by atoms with Crippen LogP contribution in [-0.2, 0) is 0 Å². The number of anilines is 1. The van der Waals surface area contributed by atoms with Crippen LogP contribution >= 0.6 is 23.2 Å². The minimum atomic E-state index is 0.367. The van der Waals surface area contributed by atoms with Crippen molar-refractivity contribution in [2.75, 3.05) is 5.73 Å². The van der Waals surface area contributed by atoms with Gasteiger partial charge < -0.3 is 5.73 Å². The van der Waals surface area contributed by atoms with E-state index < -0.39 is 0 Å². The van der Waals surface area contributed by atoms with E-state index in [1.165, 1.54) is 0 Å². The van der Waals surface area contributed by atoms with Crippen molar-refractivity contribution in [3.8, 4) is 11.1 Å². The topological polar surface area (TPSA) is 56.2 Å². The number of nitrogens with zero attached hydrogens (tertiary/aromatic N) is 3. The van der Waals surface area contributed by atoms with Crippen LogP contribution in [0, 0.1) is 6.92 Å². The maximum Gasteiger partial charge on any atom is 0.221 e. The number of hydrogen-bond donors (Lipinski definition) is 1. The lowest BCUT2D eigenvalue weighted by molar-refractivity contribution is 0.897. The molecule has 23 heavy (non-hydrogen) atoms. The number of aryl methyl sites for hydroxylation is 1. The van der Waals surface area contributed by atoms with E-state index in [1.54, 1.807) is 23.2 Å². The Morgan fingerprint density at radius 3 is 2.35 bits per heavy atom. The summed E-state index contributed by atoms with van der Waals surface area (Å²) < 4.78 is 1.54. The Hall–Kier alpha value is -2.30. The molecule has 4 nitrogen and oxygen atoms in total. The van der Waals surface area contributed by atoms with Crippen molar-refractivity contribution in [3.05, 3.63) is 70.0 Å². The monoisotopic (exact) mass is 344 g/mol. The Kier molecular flexibility index (Phi) is 4.37. The lowest BCUT2D eigenvalue weighted by Gasteiger charge is -2.04. The summed E-state index contributed by atoms with van der Waals surface area (Å²) in [6.07, 6.45) is 3.51. The largest absolute Gasteiger partial charge is 0.368 e. The second-order valence-electron chi connectivity index (χ2n) is 5.08. The second-order valence-corrected chi connectivity index (χ2v) is 5.89. The fourth-order valence-electron chi connectivity index (χ4n) is 2.16. The summed E-state index contributed by atoms with van der Waals surface area (Å²) in [5, 5.41) is 5.38. The average Bonchev–Trinajstić information content (AvgIpc) is 2.86. The molecule has 0 atom stereocenters. The van der Waals surface area contributed by atoms with E-state index in [0.29, 0.717) is 16.0 Å². The number of hydrogen-bond acceptors (Lipinski definition) is 3. The zero-order valence-corrected chi connectivity index (χ0v) is 13.9. The zero-order valence-electron chi connectivity index (χ0n) is 12.4. The van der Waals surface area contributed by atoms with E-state index in [-0.39, 0.29) is 0 Å². The van der Waals surface area contributed by atoms with Crippen LogP contribution in [0.1, 0.15) is 11.3 Å². The van der Waals surface area contributed by atoms with Gasteiger partial charge in [0.2, 0.25) is 5.95 Å². The lowest BCUT2D eigenvalue weighted by atomic mass is 10.0. The maximum atomic E-state index is 6.06. The average molecular weight is 345 g/mol. The Bertz CT molecular complexity index is 867. The van der Waals surface area contributed by atoms with E-state index in [9.17, 15) is 0 Å². The van der Waals surface area contributed by atoms with Crippen LogP contribution < -0.4 is 5.73 Å². The number of imidazole rings is 1. The third-order valence-corrected chi connectivity index (χ3v) is 4.07. The van der Waals surface area contributed by atoms with Crippen LogP contribution in [0.5, 0.6) is 0 Å². The van der Waals surface area contributed by atoms with E-state index >= 15 is 0 Å². The van der Waals surface area contributed by atoms with Crippen LogP contribution in [0.4, 0.5) is 5.95 Å². The summed E-state index contributed by atoms with van der Waals surface area (Å²) in [6.45, 7) is 1.87. The molecule has 0 amide bonds. The van der Waals surface area contributed by atoms with E-state index in [0.717, 1.165) is 22.4 Å². The second kappa shape index (κ2) is 6.44. The maximum absolute atomic E-state index is 6.06. The van der Waals surface area contributed by atoms with Crippen molar-refractivity contribution < 1.29 is 0 Å². The Balaban J connectivity index is 1.81. The molecular weight excluding hydrogens is 331 g/mol. The van der Waals surface area contributed by atoms with Crippen molar-refractivity contribution in [1.29, 1.82) is 0 Å². The standard InChI is InChI=1S/C17H14Cl2N4/c1-11-10-23(17(20)22-11)21-9-12-2-4-13(5-3-12)14-6-7-15(18)16(19)8-14/h2-10H,1H3,(H2,20,22). The molecule has 0 unspecified atom stereocenters. The van der Waals surface area contributed by atoms with Crippen molar-refractivity contribution in [1.82, 2.24) is 9.66 Å². The fraction of sp³-hybridized carbons (Fsp3) is 0.0588. The molecule has 2 aromatic carbocycles. The third-order valence-electron chi connectivity index (χ3n) is 3.33. The molecule has 6 heteroatoms. The highest BCUT2D eigenvalue weighted by Gasteiger charge is 2.02. The van der Waals surface area contributed by atoms with Gasteiger partial charge in [-0.1, -0.05) is 53.5 Å². The molecule has 0 bridgehead atoms. The Morgan fingerprint density at radius 2 is 1.74 bits per heavy atom. The molecule has 0 aliphatic heterocycles. The highest BCUT2D eigenvalue weighted by molar-refractivity contribution is 6.42. The van der Waals surface area contributed by atoms with Crippen molar-refractivity contribution in [2.45, 2.75) is 6.92 Å². The number of halogens is 2.